The minimum absolute atomic E-state index is 0.0306. The van der Waals surface area contributed by atoms with E-state index in [1.807, 2.05) is 18.2 Å². The molecule has 0 radical (unpaired) electrons. The molecule has 1 aromatic carbocycles. The van der Waals surface area contributed by atoms with Crippen molar-refractivity contribution in [1.29, 1.82) is 0 Å². The SMILES string of the molecule is O=C(c1ccccc1)c1ccc(CNS(=O)(=O)C2CC2)s1. The van der Waals surface area contributed by atoms with Gasteiger partial charge in [0.1, 0.15) is 0 Å². The molecule has 110 valence electrons. The number of hydrogen-bond donors (Lipinski definition) is 1. The van der Waals surface area contributed by atoms with Gasteiger partial charge in [-0.1, -0.05) is 30.3 Å². The fourth-order valence-corrected chi connectivity index (χ4v) is 4.34. The van der Waals surface area contributed by atoms with Crippen molar-refractivity contribution >= 4 is 27.1 Å². The van der Waals surface area contributed by atoms with Gasteiger partial charge in [0.2, 0.25) is 15.8 Å². The number of carbonyl (C=O) groups excluding carboxylic acids is 1. The average molecular weight is 321 g/mol. The first-order valence-corrected chi connectivity index (χ1v) is 9.09. The Morgan fingerprint density at radius 1 is 1.14 bits per heavy atom. The Morgan fingerprint density at radius 3 is 2.52 bits per heavy atom. The summed E-state index contributed by atoms with van der Waals surface area (Å²) in [5, 5.41) is -0.220. The van der Waals surface area contributed by atoms with Crippen molar-refractivity contribution in [2.75, 3.05) is 0 Å². The molecule has 1 heterocycles. The normalized spacial score (nSPS) is 15.0. The van der Waals surface area contributed by atoms with E-state index in [9.17, 15) is 13.2 Å². The molecule has 1 fully saturated rings. The van der Waals surface area contributed by atoms with Gasteiger partial charge in [0.05, 0.1) is 10.1 Å². The van der Waals surface area contributed by atoms with E-state index in [4.69, 9.17) is 0 Å². The van der Waals surface area contributed by atoms with Crippen molar-refractivity contribution < 1.29 is 13.2 Å². The Labute approximate surface area is 127 Å². The first kappa shape index (κ1) is 14.4. The summed E-state index contributed by atoms with van der Waals surface area (Å²) in [6, 6.07) is 12.6. The van der Waals surface area contributed by atoms with Crippen molar-refractivity contribution in [2.24, 2.45) is 0 Å². The summed E-state index contributed by atoms with van der Waals surface area (Å²) < 4.78 is 26.1. The second kappa shape index (κ2) is 5.71. The number of thiophene rings is 1. The van der Waals surface area contributed by atoms with Crippen LogP contribution in [0.3, 0.4) is 0 Å². The summed E-state index contributed by atoms with van der Waals surface area (Å²) in [5.41, 5.74) is 0.643. The number of hydrogen-bond acceptors (Lipinski definition) is 4. The second-order valence-corrected chi connectivity index (χ2v) is 8.24. The Balaban J connectivity index is 1.67. The number of nitrogens with one attached hydrogen (secondary N) is 1. The molecular weight excluding hydrogens is 306 g/mol. The maximum Gasteiger partial charge on any atom is 0.214 e. The van der Waals surface area contributed by atoms with Crippen LogP contribution < -0.4 is 4.72 Å². The fourth-order valence-electron chi connectivity index (χ4n) is 1.99. The smallest absolute Gasteiger partial charge is 0.214 e. The zero-order chi connectivity index (χ0) is 14.9. The number of sulfonamides is 1. The fraction of sp³-hybridized carbons (Fsp3) is 0.267. The van der Waals surface area contributed by atoms with E-state index in [-0.39, 0.29) is 17.6 Å². The standard InChI is InChI=1S/C15H15NO3S2/c17-15(11-4-2-1-3-5-11)14-9-6-12(20-14)10-16-21(18,19)13-7-8-13/h1-6,9,13,16H,7-8,10H2. The molecule has 0 bridgehead atoms. The predicted molar refractivity (Wildman–Crippen MR) is 83.0 cm³/mol. The van der Waals surface area contributed by atoms with Crippen LogP contribution >= 0.6 is 11.3 Å². The summed E-state index contributed by atoms with van der Waals surface area (Å²) in [6.07, 6.45) is 1.50. The van der Waals surface area contributed by atoms with Crippen molar-refractivity contribution in [3.05, 3.63) is 57.8 Å². The van der Waals surface area contributed by atoms with E-state index >= 15 is 0 Å². The van der Waals surface area contributed by atoms with Crippen LogP contribution in [0.2, 0.25) is 0 Å². The summed E-state index contributed by atoms with van der Waals surface area (Å²) in [4.78, 5) is 13.7. The zero-order valence-electron chi connectivity index (χ0n) is 11.3. The Hall–Kier alpha value is -1.50. The lowest BCUT2D eigenvalue weighted by Crippen LogP contribution is -2.26. The quantitative estimate of drug-likeness (QED) is 0.832. The Bertz CT molecular complexity index is 746. The van der Waals surface area contributed by atoms with E-state index in [2.05, 4.69) is 4.72 Å². The van der Waals surface area contributed by atoms with E-state index < -0.39 is 10.0 Å². The van der Waals surface area contributed by atoms with E-state index in [0.717, 1.165) is 17.7 Å². The zero-order valence-corrected chi connectivity index (χ0v) is 12.9. The summed E-state index contributed by atoms with van der Waals surface area (Å²) >= 11 is 1.33. The highest BCUT2D eigenvalue weighted by atomic mass is 32.2. The highest BCUT2D eigenvalue weighted by Gasteiger charge is 2.35. The lowest BCUT2D eigenvalue weighted by molar-refractivity contribution is 0.104. The first-order valence-electron chi connectivity index (χ1n) is 6.73. The third-order valence-corrected chi connectivity index (χ3v) is 6.31. The maximum atomic E-state index is 12.3. The maximum absolute atomic E-state index is 12.3. The van der Waals surface area contributed by atoms with Gasteiger partial charge in [-0.15, -0.1) is 11.3 Å². The molecule has 0 aliphatic heterocycles. The largest absolute Gasteiger partial charge is 0.288 e. The molecule has 2 aromatic rings. The number of ketones is 1. The molecule has 4 nitrogen and oxygen atoms in total. The molecule has 1 N–H and O–H groups in total. The van der Waals surface area contributed by atoms with Crippen molar-refractivity contribution in [1.82, 2.24) is 4.72 Å². The summed E-state index contributed by atoms with van der Waals surface area (Å²) in [5.74, 6) is -0.0306. The molecule has 0 saturated heterocycles. The van der Waals surface area contributed by atoms with Crippen LogP contribution in [0.5, 0.6) is 0 Å². The molecule has 6 heteroatoms. The molecule has 0 amide bonds. The van der Waals surface area contributed by atoms with Crippen LogP contribution in [-0.4, -0.2) is 19.5 Å². The first-order chi connectivity index (χ1) is 10.1. The van der Waals surface area contributed by atoms with Crippen molar-refractivity contribution in [3.8, 4) is 0 Å². The third-order valence-electron chi connectivity index (χ3n) is 3.33. The van der Waals surface area contributed by atoms with E-state index in [0.29, 0.717) is 10.4 Å². The average Bonchev–Trinajstić information content (AvgIpc) is 3.26. The summed E-state index contributed by atoms with van der Waals surface area (Å²) in [6.45, 7) is 0.256. The molecule has 1 saturated carbocycles. The molecule has 1 aromatic heterocycles. The molecule has 0 atom stereocenters. The van der Waals surface area contributed by atoms with Gasteiger partial charge < -0.3 is 0 Å². The molecular formula is C15H15NO3S2. The van der Waals surface area contributed by atoms with Crippen LogP contribution in [0.25, 0.3) is 0 Å². The van der Waals surface area contributed by atoms with Crippen LogP contribution in [0.4, 0.5) is 0 Å². The van der Waals surface area contributed by atoms with Crippen LogP contribution in [0.1, 0.15) is 33.0 Å². The monoisotopic (exact) mass is 321 g/mol. The topological polar surface area (TPSA) is 63.2 Å². The second-order valence-electron chi connectivity index (χ2n) is 5.03. The van der Waals surface area contributed by atoms with Crippen LogP contribution in [-0.2, 0) is 16.6 Å². The Kier molecular flexibility index (Phi) is 3.93. The van der Waals surface area contributed by atoms with Crippen molar-refractivity contribution in [2.45, 2.75) is 24.6 Å². The van der Waals surface area contributed by atoms with Gasteiger partial charge >= 0.3 is 0 Å². The molecule has 3 rings (SSSR count). The summed E-state index contributed by atoms with van der Waals surface area (Å²) in [7, 11) is -3.18. The van der Waals surface area contributed by atoms with E-state index in [1.165, 1.54) is 11.3 Å². The van der Waals surface area contributed by atoms with E-state index in [1.54, 1.807) is 24.3 Å². The molecule has 0 spiro atoms. The van der Waals surface area contributed by atoms with Gasteiger partial charge in [0.15, 0.2) is 0 Å². The molecule has 0 unspecified atom stereocenters. The lowest BCUT2D eigenvalue weighted by atomic mass is 10.1. The van der Waals surface area contributed by atoms with Crippen LogP contribution in [0, 0.1) is 0 Å². The third kappa shape index (κ3) is 3.40. The van der Waals surface area contributed by atoms with Gasteiger partial charge in [-0.25, -0.2) is 13.1 Å². The highest BCUT2D eigenvalue weighted by Crippen LogP contribution is 2.28. The van der Waals surface area contributed by atoms with Gasteiger partial charge in [0, 0.05) is 17.0 Å². The van der Waals surface area contributed by atoms with Crippen LogP contribution in [0.15, 0.2) is 42.5 Å². The lowest BCUT2D eigenvalue weighted by Gasteiger charge is -2.02. The molecule has 21 heavy (non-hydrogen) atoms. The Morgan fingerprint density at radius 2 is 1.86 bits per heavy atom. The van der Waals surface area contributed by atoms with Crippen molar-refractivity contribution in [3.63, 3.8) is 0 Å². The predicted octanol–water partition coefficient (Wildman–Crippen LogP) is 2.56. The van der Waals surface area contributed by atoms with Gasteiger partial charge in [-0.2, -0.15) is 0 Å². The van der Waals surface area contributed by atoms with Gasteiger partial charge in [0.25, 0.3) is 0 Å². The minimum Gasteiger partial charge on any atom is -0.288 e. The highest BCUT2D eigenvalue weighted by molar-refractivity contribution is 7.90. The van der Waals surface area contributed by atoms with Gasteiger partial charge in [-0.05, 0) is 25.0 Å². The number of rotatable bonds is 6. The number of benzene rings is 1. The van der Waals surface area contributed by atoms with Gasteiger partial charge in [-0.3, -0.25) is 4.79 Å². The molecule has 1 aliphatic rings. The number of carbonyl (C=O) groups is 1. The minimum atomic E-state index is -3.18. The molecule has 1 aliphatic carbocycles.